The fourth-order valence-corrected chi connectivity index (χ4v) is 4.76. The monoisotopic (exact) mass is 494 g/mol. The number of hydrogen-bond donors (Lipinski definition) is 3. The van der Waals surface area contributed by atoms with Gasteiger partial charge in [0, 0.05) is 31.7 Å². The zero-order valence-corrected chi connectivity index (χ0v) is 19.8. The van der Waals surface area contributed by atoms with Crippen LogP contribution in [0.1, 0.15) is 55.3 Å². The van der Waals surface area contributed by atoms with Gasteiger partial charge in [0.1, 0.15) is 5.82 Å². The molecule has 3 N–H and O–H groups in total. The van der Waals surface area contributed by atoms with Gasteiger partial charge in [-0.1, -0.05) is 6.07 Å². The zero-order valence-electron chi connectivity index (χ0n) is 19.8. The van der Waals surface area contributed by atoms with Crippen LogP contribution in [0.2, 0.25) is 0 Å². The molecular formula is C24H30F4N6O. The molecule has 1 aromatic heterocycles. The molecule has 2 aromatic rings. The molecule has 2 aliphatic rings. The summed E-state index contributed by atoms with van der Waals surface area (Å²) in [5.41, 5.74) is 0.409. The van der Waals surface area contributed by atoms with Crippen molar-refractivity contribution in [3.63, 3.8) is 0 Å². The van der Waals surface area contributed by atoms with Crippen molar-refractivity contribution >= 4 is 23.5 Å². The number of carbonyl (C=O) groups is 1. The quantitative estimate of drug-likeness (QED) is 0.503. The molecule has 0 spiro atoms. The van der Waals surface area contributed by atoms with Gasteiger partial charge in [0.25, 0.3) is 0 Å². The third kappa shape index (κ3) is 5.94. The Hall–Kier alpha value is -3.11. The Bertz CT molecular complexity index is 1070. The van der Waals surface area contributed by atoms with Crippen molar-refractivity contribution < 1.29 is 22.4 Å². The van der Waals surface area contributed by atoms with Crippen LogP contribution in [0.25, 0.3) is 0 Å². The summed E-state index contributed by atoms with van der Waals surface area (Å²) in [5.74, 6) is 0.0692. The number of aromatic nitrogens is 2. The van der Waals surface area contributed by atoms with E-state index in [0.717, 1.165) is 62.2 Å². The molecule has 1 aromatic carbocycles. The van der Waals surface area contributed by atoms with Gasteiger partial charge in [-0.15, -0.1) is 0 Å². The van der Waals surface area contributed by atoms with Crippen LogP contribution in [0.5, 0.6) is 0 Å². The molecule has 1 heterocycles. The molecule has 0 radical (unpaired) electrons. The molecule has 1 saturated carbocycles. The van der Waals surface area contributed by atoms with Crippen LogP contribution in [-0.4, -0.2) is 42.2 Å². The topological polar surface area (TPSA) is 82.2 Å². The summed E-state index contributed by atoms with van der Waals surface area (Å²) >= 11 is 0. The van der Waals surface area contributed by atoms with E-state index in [4.69, 9.17) is 9.97 Å². The number of carbonyl (C=O) groups excluding carboxylic acids is 1. The van der Waals surface area contributed by atoms with Crippen LogP contribution in [-0.2, 0) is 19.0 Å². The smallest absolute Gasteiger partial charge is 0.362 e. The van der Waals surface area contributed by atoms with Crippen LogP contribution in [0.15, 0.2) is 18.2 Å². The molecule has 4 rings (SSSR count). The summed E-state index contributed by atoms with van der Waals surface area (Å²) in [7, 11) is 3.96. The van der Waals surface area contributed by atoms with Crippen molar-refractivity contribution in [1.82, 2.24) is 15.3 Å². The van der Waals surface area contributed by atoms with Gasteiger partial charge in [-0.05, 0) is 63.5 Å². The third-order valence-electron chi connectivity index (χ3n) is 6.53. The van der Waals surface area contributed by atoms with E-state index in [-0.39, 0.29) is 12.1 Å². The Morgan fingerprint density at radius 1 is 1.03 bits per heavy atom. The number of amides is 2. The standard InChI is InChI=1S/C24H30F4N6O/c1-34(2)21-16-6-3-4-8-18(16)31-22(33-21)29-14-10-12-15(13-11-14)30-23(35)32-19-9-5-7-17(20(19)25)24(26,27)28/h5,7,9,14-15H,3-4,6,8,10-13H2,1-2H3,(H,29,31,33)(H2,30,32,35). The van der Waals surface area contributed by atoms with Gasteiger partial charge in [0.05, 0.1) is 16.9 Å². The lowest BCUT2D eigenvalue weighted by Gasteiger charge is -2.30. The van der Waals surface area contributed by atoms with Crippen molar-refractivity contribution in [2.75, 3.05) is 29.6 Å². The summed E-state index contributed by atoms with van der Waals surface area (Å²) < 4.78 is 52.8. The minimum atomic E-state index is -4.83. The second kappa shape index (κ2) is 10.2. The number of benzene rings is 1. The van der Waals surface area contributed by atoms with E-state index in [1.807, 2.05) is 19.0 Å². The molecule has 0 unspecified atom stereocenters. The average Bonchev–Trinajstić information content (AvgIpc) is 2.80. The summed E-state index contributed by atoms with van der Waals surface area (Å²) in [5, 5.41) is 8.37. The largest absolute Gasteiger partial charge is 0.419 e. The van der Waals surface area contributed by atoms with Crippen molar-refractivity contribution in [3.05, 3.63) is 40.8 Å². The van der Waals surface area contributed by atoms with E-state index in [9.17, 15) is 22.4 Å². The van der Waals surface area contributed by atoms with E-state index >= 15 is 0 Å². The first kappa shape index (κ1) is 25.0. The molecule has 2 amide bonds. The number of anilines is 3. The molecule has 2 aliphatic carbocycles. The predicted octanol–water partition coefficient (Wildman–Crippen LogP) is 5.12. The summed E-state index contributed by atoms with van der Waals surface area (Å²) in [6, 6.07) is 2.06. The first-order valence-electron chi connectivity index (χ1n) is 11.9. The predicted molar refractivity (Wildman–Crippen MR) is 126 cm³/mol. The first-order chi connectivity index (χ1) is 16.6. The van der Waals surface area contributed by atoms with Crippen LogP contribution < -0.4 is 20.9 Å². The molecule has 0 aliphatic heterocycles. The van der Waals surface area contributed by atoms with Gasteiger partial charge in [0.2, 0.25) is 5.95 Å². The number of hydrogen-bond acceptors (Lipinski definition) is 5. The van der Waals surface area contributed by atoms with Crippen molar-refractivity contribution in [1.29, 1.82) is 0 Å². The minimum Gasteiger partial charge on any atom is -0.362 e. The first-order valence-corrected chi connectivity index (χ1v) is 11.9. The Balaban J connectivity index is 1.31. The van der Waals surface area contributed by atoms with Crippen LogP contribution in [0.4, 0.5) is 39.8 Å². The second-order valence-electron chi connectivity index (χ2n) is 9.35. The number of rotatable bonds is 5. The van der Waals surface area contributed by atoms with Crippen molar-refractivity contribution in [2.45, 2.75) is 69.6 Å². The highest BCUT2D eigenvalue weighted by Gasteiger charge is 2.35. The Morgan fingerprint density at radius 3 is 2.40 bits per heavy atom. The van der Waals surface area contributed by atoms with E-state index in [0.29, 0.717) is 24.9 Å². The molecule has 7 nitrogen and oxygen atoms in total. The molecule has 0 atom stereocenters. The number of halogens is 4. The summed E-state index contributed by atoms with van der Waals surface area (Å²) in [4.78, 5) is 23.8. The Labute approximate surface area is 201 Å². The number of fused-ring (bicyclic) bond motifs is 1. The highest BCUT2D eigenvalue weighted by Crippen LogP contribution is 2.34. The van der Waals surface area contributed by atoms with Crippen LogP contribution in [0, 0.1) is 5.82 Å². The van der Waals surface area contributed by atoms with Gasteiger partial charge in [0.15, 0.2) is 5.82 Å². The molecule has 35 heavy (non-hydrogen) atoms. The number of nitrogens with one attached hydrogen (secondary N) is 3. The van der Waals surface area contributed by atoms with Crippen molar-refractivity contribution in [2.24, 2.45) is 0 Å². The van der Waals surface area contributed by atoms with E-state index < -0.39 is 29.3 Å². The highest BCUT2D eigenvalue weighted by atomic mass is 19.4. The fourth-order valence-electron chi connectivity index (χ4n) is 4.76. The van der Waals surface area contributed by atoms with Crippen LogP contribution >= 0.6 is 0 Å². The molecule has 0 bridgehead atoms. The van der Waals surface area contributed by atoms with Gasteiger partial charge in [-0.25, -0.2) is 14.2 Å². The maximum Gasteiger partial charge on any atom is 0.419 e. The van der Waals surface area contributed by atoms with Gasteiger partial charge >= 0.3 is 12.2 Å². The highest BCUT2D eigenvalue weighted by molar-refractivity contribution is 5.89. The number of nitrogens with zero attached hydrogens (tertiary/aromatic N) is 3. The lowest BCUT2D eigenvalue weighted by molar-refractivity contribution is -0.139. The molecular weight excluding hydrogens is 464 g/mol. The summed E-state index contributed by atoms with van der Waals surface area (Å²) in [6.07, 6.45) is 2.25. The lowest BCUT2D eigenvalue weighted by atomic mass is 9.91. The van der Waals surface area contributed by atoms with Gasteiger partial charge < -0.3 is 20.9 Å². The maximum atomic E-state index is 14.2. The third-order valence-corrected chi connectivity index (χ3v) is 6.53. The number of alkyl halides is 3. The Kier molecular flexibility index (Phi) is 7.32. The van der Waals surface area contributed by atoms with E-state index in [1.165, 1.54) is 5.56 Å². The molecule has 190 valence electrons. The zero-order chi connectivity index (χ0) is 25.2. The molecule has 11 heteroatoms. The van der Waals surface area contributed by atoms with E-state index in [1.54, 1.807) is 0 Å². The number of urea groups is 1. The van der Waals surface area contributed by atoms with E-state index in [2.05, 4.69) is 16.0 Å². The van der Waals surface area contributed by atoms with Crippen LogP contribution in [0.3, 0.4) is 0 Å². The normalized spacial score (nSPS) is 20.1. The number of aryl methyl sites for hydroxylation is 1. The average molecular weight is 495 g/mol. The fraction of sp³-hybridized carbons (Fsp3) is 0.542. The maximum absolute atomic E-state index is 14.2. The lowest BCUT2D eigenvalue weighted by Crippen LogP contribution is -2.42. The second-order valence-corrected chi connectivity index (χ2v) is 9.35. The summed E-state index contributed by atoms with van der Waals surface area (Å²) in [6.45, 7) is 0. The van der Waals surface area contributed by atoms with Crippen molar-refractivity contribution in [3.8, 4) is 0 Å². The SMILES string of the molecule is CN(C)c1nc(NC2CCC(NC(=O)Nc3cccc(C(F)(F)F)c3F)CC2)nc2c1CCCC2. The minimum absolute atomic E-state index is 0.147. The molecule has 0 saturated heterocycles. The Morgan fingerprint density at radius 2 is 1.71 bits per heavy atom. The van der Waals surface area contributed by atoms with Gasteiger partial charge in [-0.2, -0.15) is 18.2 Å². The molecule has 1 fully saturated rings. The van der Waals surface area contributed by atoms with Gasteiger partial charge in [-0.3, -0.25) is 0 Å².